The van der Waals surface area contributed by atoms with Crippen LogP contribution in [0, 0.1) is 17.2 Å². The van der Waals surface area contributed by atoms with Crippen LogP contribution in [0.1, 0.15) is 76.3 Å². The third kappa shape index (κ3) is 4.62. The zero-order valence-electron chi connectivity index (χ0n) is 17.0. The molecule has 0 radical (unpaired) electrons. The molecule has 0 heterocycles. The predicted octanol–water partition coefficient (Wildman–Crippen LogP) is 7.45. The molecule has 0 aromatic heterocycles. The average molecular weight is 360 g/mol. The summed E-state index contributed by atoms with van der Waals surface area (Å²) < 4.78 is 0. The smallest absolute Gasteiger partial charge is 0.0822 e. The van der Waals surface area contributed by atoms with Gasteiger partial charge in [-0.25, -0.2) is 0 Å². The predicted molar refractivity (Wildman–Crippen MR) is 115 cm³/mol. The van der Waals surface area contributed by atoms with Crippen LogP contribution in [-0.2, 0) is 11.8 Å². The first-order chi connectivity index (χ1) is 13.2. The first-order valence-electron chi connectivity index (χ1n) is 10.8. The topological polar surface area (TPSA) is 23.8 Å². The van der Waals surface area contributed by atoms with Gasteiger partial charge >= 0.3 is 0 Å². The second-order valence-electron chi connectivity index (χ2n) is 8.30. The number of hydrogen-bond donors (Lipinski definition) is 0. The molecule has 0 N–H and O–H groups in total. The second-order valence-corrected chi connectivity index (χ2v) is 8.30. The van der Waals surface area contributed by atoms with E-state index in [0.29, 0.717) is 0 Å². The lowest BCUT2D eigenvalue weighted by Crippen LogP contribution is -2.30. The Balaban J connectivity index is 1.71. The Bertz CT molecular complexity index is 740. The lowest BCUT2D eigenvalue weighted by Gasteiger charge is -2.35. The van der Waals surface area contributed by atoms with E-state index in [-0.39, 0.29) is 5.41 Å². The highest BCUT2D eigenvalue weighted by Gasteiger charge is 2.36. The number of rotatable bonds is 7. The zero-order valence-corrected chi connectivity index (χ0v) is 17.0. The summed E-state index contributed by atoms with van der Waals surface area (Å²) in [4.78, 5) is 0. The van der Waals surface area contributed by atoms with Crippen molar-refractivity contribution in [2.75, 3.05) is 0 Å². The molecule has 1 heteroatoms. The Morgan fingerprint density at radius 3 is 2.00 bits per heavy atom. The van der Waals surface area contributed by atoms with Gasteiger partial charge in [-0.15, -0.1) is 0 Å². The molecule has 1 nitrogen and oxygen atoms in total. The van der Waals surface area contributed by atoms with Crippen molar-refractivity contribution in [3.8, 4) is 17.2 Å². The maximum absolute atomic E-state index is 9.97. The summed E-state index contributed by atoms with van der Waals surface area (Å²) in [5, 5.41) is 9.97. The molecule has 1 aliphatic carbocycles. The minimum Gasteiger partial charge on any atom is -0.197 e. The number of hydrogen-bond acceptors (Lipinski definition) is 1. The maximum atomic E-state index is 9.97. The summed E-state index contributed by atoms with van der Waals surface area (Å²) in [6.07, 6.45) is 10.7. The molecule has 0 amide bonds. The third-order valence-electron chi connectivity index (χ3n) is 6.40. The van der Waals surface area contributed by atoms with Gasteiger partial charge in [-0.1, -0.05) is 88.1 Å². The molecule has 0 saturated heterocycles. The molecule has 0 unspecified atom stereocenters. The van der Waals surface area contributed by atoms with Crippen molar-refractivity contribution in [2.24, 2.45) is 5.92 Å². The molecule has 3 rings (SSSR count). The van der Waals surface area contributed by atoms with Gasteiger partial charge in [0.05, 0.1) is 11.5 Å². The van der Waals surface area contributed by atoms with Crippen LogP contribution in [0.5, 0.6) is 0 Å². The van der Waals surface area contributed by atoms with E-state index in [9.17, 15) is 5.26 Å². The van der Waals surface area contributed by atoms with E-state index >= 15 is 0 Å². The van der Waals surface area contributed by atoms with Gasteiger partial charge in [0.25, 0.3) is 0 Å². The molecular formula is C26H33N. The van der Waals surface area contributed by atoms with Crippen LogP contribution in [0.3, 0.4) is 0 Å². The van der Waals surface area contributed by atoms with Gasteiger partial charge in [0.2, 0.25) is 0 Å². The van der Waals surface area contributed by atoms with Crippen molar-refractivity contribution in [1.29, 1.82) is 5.26 Å². The monoisotopic (exact) mass is 359 g/mol. The highest BCUT2D eigenvalue weighted by molar-refractivity contribution is 5.64. The van der Waals surface area contributed by atoms with Crippen LogP contribution in [0.15, 0.2) is 48.5 Å². The summed E-state index contributed by atoms with van der Waals surface area (Å²) >= 11 is 0. The highest BCUT2D eigenvalue weighted by atomic mass is 14.4. The van der Waals surface area contributed by atoms with E-state index in [0.717, 1.165) is 25.2 Å². The number of nitrogens with zero attached hydrogens (tertiary/aromatic N) is 1. The van der Waals surface area contributed by atoms with Crippen molar-refractivity contribution < 1.29 is 0 Å². The lowest BCUT2D eigenvalue weighted by molar-refractivity contribution is 0.263. The summed E-state index contributed by atoms with van der Waals surface area (Å²) in [5.41, 5.74) is 4.85. The molecule has 27 heavy (non-hydrogen) atoms. The van der Waals surface area contributed by atoms with Crippen molar-refractivity contribution in [3.05, 3.63) is 59.7 Å². The molecule has 142 valence electrons. The fraction of sp³-hybridized carbons (Fsp3) is 0.500. The third-order valence-corrected chi connectivity index (χ3v) is 6.40. The summed E-state index contributed by atoms with van der Waals surface area (Å²) in [6, 6.07) is 20.4. The Hall–Kier alpha value is -2.07. The normalized spacial score (nSPS) is 22.3. The molecule has 0 atom stereocenters. The van der Waals surface area contributed by atoms with Gasteiger partial charge in [-0.05, 0) is 60.3 Å². The van der Waals surface area contributed by atoms with Crippen molar-refractivity contribution in [1.82, 2.24) is 0 Å². The van der Waals surface area contributed by atoms with E-state index in [1.54, 1.807) is 0 Å². The molecule has 2 aromatic carbocycles. The SMILES string of the molecule is CCCCC1CCC(C#N)(c2ccc(-c3ccc(CCC)cc3)cc2)CC1. The van der Waals surface area contributed by atoms with Crippen LogP contribution in [0.25, 0.3) is 11.1 Å². The number of nitriles is 1. The molecule has 0 spiro atoms. The molecule has 1 aliphatic rings. The van der Waals surface area contributed by atoms with Gasteiger partial charge in [0.15, 0.2) is 0 Å². The molecule has 0 aliphatic heterocycles. The Kier molecular flexibility index (Phi) is 6.73. The van der Waals surface area contributed by atoms with E-state index in [1.165, 1.54) is 60.8 Å². The van der Waals surface area contributed by atoms with Gasteiger partial charge in [0.1, 0.15) is 0 Å². The van der Waals surface area contributed by atoms with E-state index < -0.39 is 0 Å². The largest absolute Gasteiger partial charge is 0.197 e. The van der Waals surface area contributed by atoms with Crippen LogP contribution >= 0.6 is 0 Å². The van der Waals surface area contributed by atoms with Crippen LogP contribution < -0.4 is 0 Å². The van der Waals surface area contributed by atoms with Crippen molar-refractivity contribution in [2.45, 2.75) is 77.0 Å². The average Bonchev–Trinajstić information content (AvgIpc) is 2.74. The lowest BCUT2D eigenvalue weighted by atomic mass is 9.67. The zero-order chi connectivity index (χ0) is 19.1. The van der Waals surface area contributed by atoms with Crippen LogP contribution in [0.4, 0.5) is 0 Å². The van der Waals surface area contributed by atoms with Gasteiger partial charge < -0.3 is 0 Å². The molecule has 2 aromatic rings. The Morgan fingerprint density at radius 1 is 0.889 bits per heavy atom. The molecule has 1 fully saturated rings. The number of benzene rings is 2. The van der Waals surface area contributed by atoms with E-state index in [2.05, 4.69) is 68.4 Å². The first-order valence-corrected chi connectivity index (χ1v) is 10.8. The Morgan fingerprint density at radius 2 is 1.48 bits per heavy atom. The first kappa shape index (κ1) is 19.7. The second kappa shape index (κ2) is 9.23. The van der Waals surface area contributed by atoms with E-state index in [4.69, 9.17) is 0 Å². The quantitative estimate of drug-likeness (QED) is 0.503. The van der Waals surface area contributed by atoms with E-state index in [1.807, 2.05) is 0 Å². The van der Waals surface area contributed by atoms with Gasteiger partial charge in [-0.3, -0.25) is 0 Å². The molecule has 0 bridgehead atoms. The number of aryl methyl sites for hydroxylation is 1. The van der Waals surface area contributed by atoms with Crippen molar-refractivity contribution >= 4 is 0 Å². The molecular weight excluding hydrogens is 326 g/mol. The minimum absolute atomic E-state index is 0.272. The fourth-order valence-corrected chi connectivity index (χ4v) is 4.55. The van der Waals surface area contributed by atoms with Crippen LogP contribution in [0.2, 0.25) is 0 Å². The number of unbranched alkanes of at least 4 members (excludes halogenated alkanes) is 1. The Labute approximate surface area is 165 Å². The summed E-state index contributed by atoms with van der Waals surface area (Å²) in [6.45, 7) is 4.48. The van der Waals surface area contributed by atoms with Gasteiger partial charge in [-0.2, -0.15) is 5.26 Å². The van der Waals surface area contributed by atoms with Crippen molar-refractivity contribution in [3.63, 3.8) is 0 Å². The summed E-state index contributed by atoms with van der Waals surface area (Å²) in [5.74, 6) is 0.826. The summed E-state index contributed by atoms with van der Waals surface area (Å²) in [7, 11) is 0. The van der Waals surface area contributed by atoms with Gasteiger partial charge in [0, 0.05) is 0 Å². The minimum atomic E-state index is -0.272. The maximum Gasteiger partial charge on any atom is 0.0822 e. The standard InChI is InChI=1S/C26H33N/c1-3-5-7-22-16-18-26(20-27,19-17-22)25-14-12-24(13-15-25)23-10-8-21(6-4-2)9-11-23/h8-15,22H,3-7,16-19H2,1-2H3. The highest BCUT2D eigenvalue weighted by Crippen LogP contribution is 2.43. The van der Waals surface area contributed by atoms with Crippen LogP contribution in [-0.4, -0.2) is 0 Å². The molecule has 1 saturated carbocycles. The fourth-order valence-electron chi connectivity index (χ4n) is 4.55.